The molecule has 0 amide bonds. The van der Waals surface area contributed by atoms with Crippen LogP contribution in [0.5, 0.6) is 0 Å². The minimum atomic E-state index is -0.484. The summed E-state index contributed by atoms with van der Waals surface area (Å²) in [5.74, 6) is 0.208. The summed E-state index contributed by atoms with van der Waals surface area (Å²) in [6.07, 6.45) is 12.2. The molecule has 0 aromatic carbocycles. The number of methoxy groups -OCH3 is 1. The van der Waals surface area contributed by atoms with Gasteiger partial charge in [-0.05, 0) is 49.7 Å². The van der Waals surface area contributed by atoms with Crippen molar-refractivity contribution >= 4 is 17.3 Å². The molecule has 1 saturated heterocycles. The summed E-state index contributed by atoms with van der Waals surface area (Å²) < 4.78 is 8.47. The molecule has 3 aromatic rings. The zero-order chi connectivity index (χ0) is 19.1. The summed E-state index contributed by atoms with van der Waals surface area (Å²) >= 11 is 0. The van der Waals surface area contributed by atoms with Crippen molar-refractivity contribution in [2.24, 2.45) is 0 Å². The van der Waals surface area contributed by atoms with Gasteiger partial charge < -0.3 is 14.0 Å². The number of anilines is 1. The van der Waals surface area contributed by atoms with E-state index < -0.39 is 5.97 Å². The molecule has 4 heterocycles. The minimum Gasteiger partial charge on any atom is -0.464 e. The van der Waals surface area contributed by atoms with Crippen LogP contribution in [-0.4, -0.2) is 50.5 Å². The number of carbonyl (C=O) groups excluding carboxylic acids is 1. The van der Waals surface area contributed by atoms with Crippen molar-refractivity contribution in [1.29, 1.82) is 0 Å². The predicted molar refractivity (Wildman–Crippen MR) is 104 cm³/mol. The van der Waals surface area contributed by atoms with Crippen LogP contribution in [0.25, 0.3) is 5.65 Å². The Labute approximate surface area is 163 Å². The molecule has 0 atom stereocenters. The zero-order valence-corrected chi connectivity index (χ0v) is 16.0. The maximum atomic E-state index is 11.6. The Morgan fingerprint density at radius 1 is 1.18 bits per heavy atom. The van der Waals surface area contributed by atoms with Crippen LogP contribution < -0.4 is 4.90 Å². The van der Waals surface area contributed by atoms with Crippen LogP contribution in [0.4, 0.5) is 5.69 Å². The van der Waals surface area contributed by atoms with Gasteiger partial charge in [-0.2, -0.15) is 0 Å². The third kappa shape index (κ3) is 3.23. The molecule has 28 heavy (non-hydrogen) atoms. The van der Waals surface area contributed by atoms with Crippen molar-refractivity contribution in [2.45, 2.75) is 44.6 Å². The first-order valence-corrected chi connectivity index (χ1v) is 9.96. The summed E-state index contributed by atoms with van der Waals surface area (Å²) in [7, 11) is 1.34. The highest BCUT2D eigenvalue weighted by Gasteiger charge is 2.26. The highest BCUT2D eigenvalue weighted by atomic mass is 16.5. The number of nitrogens with zero attached hydrogens (tertiary/aromatic N) is 6. The Hall–Kier alpha value is -2.90. The summed E-state index contributed by atoms with van der Waals surface area (Å²) in [6, 6.07) is 2.35. The number of carbonyl (C=O) groups is 1. The van der Waals surface area contributed by atoms with E-state index in [1.54, 1.807) is 10.9 Å². The lowest BCUT2D eigenvalue weighted by atomic mass is 10.1. The van der Waals surface area contributed by atoms with Crippen LogP contribution in [0.15, 0.2) is 24.7 Å². The lowest BCUT2D eigenvalue weighted by Crippen LogP contribution is -2.30. The number of rotatable bonds is 5. The highest BCUT2D eigenvalue weighted by Crippen LogP contribution is 2.42. The Balaban J connectivity index is 1.48. The fourth-order valence-electron chi connectivity index (χ4n) is 3.98. The number of fused-ring (bicyclic) bond motifs is 1. The van der Waals surface area contributed by atoms with E-state index >= 15 is 0 Å². The standard InChI is InChI=1S/C20H24N6O2/c1-28-20(27)17-13-26(23-22-17)12-16-11-25-10-15(14-5-6-14)9-18(19(25)21-16)24-7-3-2-4-8-24/h9-11,13-14H,2-8,12H2,1H3. The second-order valence-corrected chi connectivity index (χ2v) is 7.74. The van der Waals surface area contributed by atoms with Crippen LogP contribution in [-0.2, 0) is 11.3 Å². The number of aromatic nitrogens is 5. The molecule has 0 radical (unpaired) electrons. The Bertz CT molecular complexity index is 1010. The van der Waals surface area contributed by atoms with Crippen molar-refractivity contribution in [3.8, 4) is 0 Å². The van der Waals surface area contributed by atoms with Gasteiger partial charge in [-0.25, -0.2) is 14.5 Å². The van der Waals surface area contributed by atoms with Gasteiger partial charge >= 0.3 is 5.97 Å². The summed E-state index contributed by atoms with van der Waals surface area (Å²) in [5.41, 5.74) is 4.74. The van der Waals surface area contributed by atoms with E-state index in [2.05, 4.69) is 38.1 Å². The van der Waals surface area contributed by atoms with Gasteiger partial charge in [0.2, 0.25) is 0 Å². The SMILES string of the molecule is COC(=O)c1cn(Cc2cn3cc(C4CC4)cc(N4CCCCC4)c3n2)nn1. The monoisotopic (exact) mass is 380 g/mol. The third-order valence-electron chi connectivity index (χ3n) is 5.61. The smallest absolute Gasteiger partial charge is 0.360 e. The predicted octanol–water partition coefficient (Wildman–Crippen LogP) is 2.63. The molecule has 3 aromatic heterocycles. The Kier molecular flexibility index (Phi) is 4.26. The van der Waals surface area contributed by atoms with Gasteiger partial charge in [-0.3, -0.25) is 0 Å². The number of esters is 1. The number of hydrogen-bond donors (Lipinski definition) is 0. The lowest BCUT2D eigenvalue weighted by Gasteiger charge is -2.29. The van der Waals surface area contributed by atoms with Gasteiger partial charge in [0.05, 0.1) is 31.2 Å². The van der Waals surface area contributed by atoms with Gasteiger partial charge in [0, 0.05) is 25.5 Å². The fraction of sp³-hybridized carbons (Fsp3) is 0.500. The second kappa shape index (κ2) is 6.92. The van der Waals surface area contributed by atoms with E-state index in [-0.39, 0.29) is 5.69 Å². The van der Waals surface area contributed by atoms with Crippen LogP contribution in [0, 0.1) is 0 Å². The first-order valence-electron chi connectivity index (χ1n) is 9.96. The molecular formula is C20H24N6O2. The van der Waals surface area contributed by atoms with E-state index in [4.69, 9.17) is 9.72 Å². The van der Waals surface area contributed by atoms with E-state index in [1.165, 1.54) is 50.5 Å². The van der Waals surface area contributed by atoms with E-state index in [0.29, 0.717) is 12.5 Å². The zero-order valence-electron chi connectivity index (χ0n) is 16.0. The van der Waals surface area contributed by atoms with Crippen molar-refractivity contribution in [3.05, 3.63) is 41.6 Å². The molecule has 1 aliphatic carbocycles. The number of pyridine rings is 1. The molecule has 146 valence electrons. The average Bonchev–Trinajstić information content (AvgIpc) is 3.34. The maximum Gasteiger partial charge on any atom is 0.360 e. The van der Waals surface area contributed by atoms with Gasteiger partial charge in [0.25, 0.3) is 0 Å². The maximum absolute atomic E-state index is 11.6. The van der Waals surface area contributed by atoms with Gasteiger partial charge in [-0.1, -0.05) is 5.21 Å². The molecule has 1 saturated carbocycles. The van der Waals surface area contributed by atoms with E-state index in [0.717, 1.165) is 24.4 Å². The summed E-state index contributed by atoms with van der Waals surface area (Å²) in [4.78, 5) is 19.0. The molecule has 0 unspecified atom stereocenters. The molecule has 1 aliphatic heterocycles. The van der Waals surface area contributed by atoms with Gasteiger partial charge in [0.1, 0.15) is 0 Å². The Morgan fingerprint density at radius 2 is 2.00 bits per heavy atom. The second-order valence-electron chi connectivity index (χ2n) is 7.74. The van der Waals surface area contributed by atoms with Crippen molar-refractivity contribution in [2.75, 3.05) is 25.1 Å². The van der Waals surface area contributed by atoms with Crippen molar-refractivity contribution in [3.63, 3.8) is 0 Å². The van der Waals surface area contributed by atoms with Crippen LogP contribution in [0.1, 0.15) is 59.8 Å². The molecule has 8 nitrogen and oxygen atoms in total. The molecule has 0 N–H and O–H groups in total. The number of ether oxygens (including phenoxy) is 1. The number of hydrogen-bond acceptors (Lipinski definition) is 6. The molecule has 0 spiro atoms. The van der Waals surface area contributed by atoms with Gasteiger partial charge in [-0.15, -0.1) is 5.10 Å². The fourth-order valence-corrected chi connectivity index (χ4v) is 3.98. The van der Waals surface area contributed by atoms with E-state index in [9.17, 15) is 4.79 Å². The molecule has 0 bridgehead atoms. The molecule has 2 aliphatic rings. The average molecular weight is 380 g/mol. The Morgan fingerprint density at radius 3 is 2.75 bits per heavy atom. The topological polar surface area (TPSA) is 77.5 Å². The quantitative estimate of drug-likeness (QED) is 0.633. The van der Waals surface area contributed by atoms with Crippen LogP contribution in [0.3, 0.4) is 0 Å². The molecule has 2 fully saturated rings. The summed E-state index contributed by atoms with van der Waals surface area (Å²) in [6.45, 7) is 2.65. The number of imidazole rings is 1. The van der Waals surface area contributed by atoms with Gasteiger partial charge in [0.15, 0.2) is 11.3 Å². The minimum absolute atomic E-state index is 0.205. The number of piperidine rings is 1. The normalized spacial score (nSPS) is 17.2. The lowest BCUT2D eigenvalue weighted by molar-refractivity contribution is 0.0594. The van der Waals surface area contributed by atoms with E-state index in [1.807, 2.05) is 0 Å². The third-order valence-corrected chi connectivity index (χ3v) is 5.61. The molecule has 5 rings (SSSR count). The van der Waals surface area contributed by atoms with Crippen molar-refractivity contribution < 1.29 is 9.53 Å². The van der Waals surface area contributed by atoms with Crippen LogP contribution >= 0.6 is 0 Å². The first kappa shape index (κ1) is 17.2. The molecule has 8 heteroatoms. The van der Waals surface area contributed by atoms with Crippen LogP contribution in [0.2, 0.25) is 0 Å². The summed E-state index contributed by atoms with van der Waals surface area (Å²) in [5, 5.41) is 7.89. The first-order chi connectivity index (χ1) is 13.7. The van der Waals surface area contributed by atoms with Crippen molar-refractivity contribution in [1.82, 2.24) is 24.4 Å². The largest absolute Gasteiger partial charge is 0.464 e. The highest BCUT2D eigenvalue weighted by molar-refractivity contribution is 5.86. The molecular weight excluding hydrogens is 356 g/mol.